The zero-order chi connectivity index (χ0) is 10.8. The van der Waals surface area contributed by atoms with Crippen molar-refractivity contribution >= 4 is 5.97 Å². The Morgan fingerprint density at radius 3 is 2.64 bits per heavy atom. The van der Waals surface area contributed by atoms with Gasteiger partial charge in [0.1, 0.15) is 0 Å². The minimum atomic E-state index is -0.102. The first kappa shape index (κ1) is 13.4. The van der Waals surface area contributed by atoms with Crippen LogP contribution < -0.4 is 5.73 Å². The summed E-state index contributed by atoms with van der Waals surface area (Å²) in [6, 6.07) is 0. The molecule has 0 aliphatic heterocycles. The fourth-order valence-corrected chi connectivity index (χ4v) is 1.33. The molecule has 3 nitrogen and oxygen atoms in total. The van der Waals surface area contributed by atoms with Crippen LogP contribution in [0.1, 0.15) is 46.0 Å². The molecule has 0 rings (SSSR count). The summed E-state index contributed by atoms with van der Waals surface area (Å²) in [5.74, 6) is 0.443. The molecule has 0 saturated carbocycles. The van der Waals surface area contributed by atoms with Gasteiger partial charge in [-0.2, -0.15) is 0 Å². The summed E-state index contributed by atoms with van der Waals surface area (Å²) in [5.41, 5.74) is 3.62. The third-order valence-electron chi connectivity index (χ3n) is 2.40. The summed E-state index contributed by atoms with van der Waals surface area (Å²) in [7, 11) is 0. The van der Waals surface area contributed by atoms with Gasteiger partial charge in [-0.15, -0.1) is 0 Å². The van der Waals surface area contributed by atoms with Gasteiger partial charge in [0.25, 0.3) is 0 Å². The molecule has 0 heterocycles. The van der Waals surface area contributed by atoms with E-state index in [1.54, 1.807) is 0 Å². The van der Waals surface area contributed by atoms with E-state index in [0.29, 0.717) is 25.5 Å². The van der Waals surface area contributed by atoms with E-state index in [2.05, 4.69) is 19.6 Å². The van der Waals surface area contributed by atoms with E-state index in [9.17, 15) is 4.79 Å². The number of unbranched alkanes of at least 4 members (excludes halogenated alkanes) is 1. The van der Waals surface area contributed by atoms with Crippen molar-refractivity contribution < 1.29 is 15.3 Å². The van der Waals surface area contributed by atoms with Crippen LogP contribution in [-0.2, 0) is 9.53 Å². The fraction of sp³-hybridized carbons (Fsp3) is 0.909. The van der Waals surface area contributed by atoms with Crippen LogP contribution in [0.3, 0.4) is 0 Å². The van der Waals surface area contributed by atoms with E-state index in [4.69, 9.17) is 4.74 Å². The molecule has 0 aliphatic carbocycles. The van der Waals surface area contributed by atoms with E-state index in [1.807, 2.05) is 0 Å². The Morgan fingerprint density at radius 2 is 2.14 bits per heavy atom. The quantitative estimate of drug-likeness (QED) is 0.604. The van der Waals surface area contributed by atoms with Crippen molar-refractivity contribution in [2.24, 2.45) is 5.92 Å². The maximum atomic E-state index is 11.1. The van der Waals surface area contributed by atoms with Crippen LogP contribution >= 0.6 is 0 Å². The third kappa shape index (κ3) is 6.89. The lowest BCUT2D eigenvalue weighted by atomic mass is 10.0. The van der Waals surface area contributed by atoms with Crippen LogP contribution in [0.25, 0.3) is 0 Å². The van der Waals surface area contributed by atoms with E-state index < -0.39 is 0 Å². The number of ether oxygens (including phenoxy) is 1. The molecular weight excluding hydrogens is 178 g/mol. The van der Waals surface area contributed by atoms with E-state index in [0.717, 1.165) is 6.42 Å². The maximum absolute atomic E-state index is 11.1. The van der Waals surface area contributed by atoms with Gasteiger partial charge in [0.05, 0.1) is 19.6 Å². The molecule has 0 saturated heterocycles. The van der Waals surface area contributed by atoms with Crippen molar-refractivity contribution in [3.8, 4) is 0 Å². The molecule has 0 amide bonds. The fourth-order valence-electron chi connectivity index (χ4n) is 1.33. The topological polar surface area (TPSA) is 53.9 Å². The Bertz CT molecular complexity index is 148. The summed E-state index contributed by atoms with van der Waals surface area (Å²) in [6.07, 6.45) is 5.15. The molecule has 3 N–H and O–H groups in total. The molecule has 0 aliphatic rings. The van der Waals surface area contributed by atoms with Gasteiger partial charge in [-0.1, -0.05) is 33.1 Å². The van der Waals surface area contributed by atoms with Crippen LogP contribution in [0.15, 0.2) is 0 Å². The van der Waals surface area contributed by atoms with Gasteiger partial charge in [0, 0.05) is 0 Å². The Hall–Kier alpha value is -0.570. The smallest absolute Gasteiger partial charge is 0.311 e. The van der Waals surface area contributed by atoms with Crippen molar-refractivity contribution in [1.82, 2.24) is 0 Å². The molecule has 0 radical (unpaired) electrons. The number of carbonyl (C=O) groups is 1. The second-order valence-electron chi connectivity index (χ2n) is 3.70. The van der Waals surface area contributed by atoms with E-state index in [1.165, 1.54) is 19.3 Å². The first-order valence-electron chi connectivity index (χ1n) is 5.69. The van der Waals surface area contributed by atoms with Crippen LogP contribution in [-0.4, -0.2) is 19.1 Å². The number of hydrogen-bond acceptors (Lipinski definition) is 2. The second kappa shape index (κ2) is 9.00. The Labute approximate surface area is 87.0 Å². The van der Waals surface area contributed by atoms with Gasteiger partial charge in [-0.05, 0) is 12.3 Å². The number of quaternary nitrogens is 1. The van der Waals surface area contributed by atoms with Crippen LogP contribution in [0.4, 0.5) is 0 Å². The molecule has 0 aromatic heterocycles. The zero-order valence-electron chi connectivity index (χ0n) is 9.55. The molecule has 0 bridgehead atoms. The van der Waals surface area contributed by atoms with Crippen LogP contribution in [0.2, 0.25) is 0 Å². The van der Waals surface area contributed by atoms with Crippen LogP contribution in [0, 0.1) is 5.92 Å². The Morgan fingerprint density at radius 1 is 1.43 bits per heavy atom. The number of rotatable bonds is 8. The van der Waals surface area contributed by atoms with Crippen molar-refractivity contribution in [2.75, 3.05) is 13.2 Å². The number of carbonyl (C=O) groups excluding carboxylic acids is 1. The third-order valence-corrected chi connectivity index (χ3v) is 2.40. The van der Waals surface area contributed by atoms with Crippen molar-refractivity contribution in [1.29, 1.82) is 0 Å². The Kier molecular flexibility index (Phi) is 8.64. The molecule has 0 fully saturated rings. The lowest BCUT2D eigenvalue weighted by Crippen LogP contribution is -2.51. The largest absolute Gasteiger partial charge is 0.465 e. The van der Waals surface area contributed by atoms with Gasteiger partial charge < -0.3 is 10.5 Å². The first-order chi connectivity index (χ1) is 6.74. The SMILES string of the molecule is CCCCC(CC)COC(=O)CC[NH3+]. The highest BCUT2D eigenvalue weighted by atomic mass is 16.5. The molecular formula is C11H24NO2+. The summed E-state index contributed by atoms with van der Waals surface area (Å²) >= 11 is 0. The number of hydrogen-bond donors (Lipinski definition) is 1. The Balaban J connectivity index is 3.55. The van der Waals surface area contributed by atoms with Gasteiger partial charge in [0.15, 0.2) is 0 Å². The molecule has 1 unspecified atom stereocenters. The van der Waals surface area contributed by atoms with Crippen LogP contribution in [0.5, 0.6) is 0 Å². The summed E-state index contributed by atoms with van der Waals surface area (Å²) in [4.78, 5) is 11.1. The lowest BCUT2D eigenvalue weighted by molar-refractivity contribution is -0.366. The highest BCUT2D eigenvalue weighted by Gasteiger charge is 2.09. The summed E-state index contributed by atoms with van der Waals surface area (Å²) in [6.45, 7) is 5.55. The average molecular weight is 202 g/mol. The van der Waals surface area contributed by atoms with Gasteiger partial charge in [0.2, 0.25) is 0 Å². The molecule has 1 atom stereocenters. The highest BCUT2D eigenvalue weighted by molar-refractivity contribution is 5.69. The molecule has 84 valence electrons. The van der Waals surface area contributed by atoms with Crippen molar-refractivity contribution in [3.63, 3.8) is 0 Å². The van der Waals surface area contributed by atoms with Crippen molar-refractivity contribution in [3.05, 3.63) is 0 Å². The van der Waals surface area contributed by atoms with Gasteiger partial charge >= 0.3 is 5.97 Å². The number of esters is 1. The van der Waals surface area contributed by atoms with Crippen molar-refractivity contribution in [2.45, 2.75) is 46.0 Å². The predicted octanol–water partition coefficient (Wildman–Crippen LogP) is 1.38. The van der Waals surface area contributed by atoms with Gasteiger partial charge in [-0.3, -0.25) is 4.79 Å². The minimum absolute atomic E-state index is 0.102. The normalized spacial score (nSPS) is 12.5. The molecule has 0 spiro atoms. The standard InChI is InChI=1S/C11H23NO2/c1-3-5-6-10(4-2)9-14-11(13)7-8-12/h10H,3-9,12H2,1-2H3/p+1. The first-order valence-corrected chi connectivity index (χ1v) is 5.69. The average Bonchev–Trinajstić information content (AvgIpc) is 2.19. The minimum Gasteiger partial charge on any atom is -0.465 e. The second-order valence-corrected chi connectivity index (χ2v) is 3.70. The lowest BCUT2D eigenvalue weighted by Gasteiger charge is -2.14. The molecule has 3 heteroatoms. The summed E-state index contributed by atoms with van der Waals surface area (Å²) in [5, 5.41) is 0. The monoisotopic (exact) mass is 202 g/mol. The maximum Gasteiger partial charge on any atom is 0.311 e. The van der Waals surface area contributed by atoms with E-state index >= 15 is 0 Å². The summed E-state index contributed by atoms with van der Waals surface area (Å²) < 4.78 is 5.15. The van der Waals surface area contributed by atoms with E-state index in [-0.39, 0.29) is 5.97 Å². The molecule has 0 aromatic rings. The molecule has 0 aromatic carbocycles. The van der Waals surface area contributed by atoms with Gasteiger partial charge in [-0.25, -0.2) is 0 Å². The highest BCUT2D eigenvalue weighted by Crippen LogP contribution is 2.12. The predicted molar refractivity (Wildman–Crippen MR) is 56.6 cm³/mol. The zero-order valence-corrected chi connectivity index (χ0v) is 9.55. The molecule has 14 heavy (non-hydrogen) atoms.